The zero-order valence-corrected chi connectivity index (χ0v) is 15.3. The highest BCUT2D eigenvalue weighted by molar-refractivity contribution is 7.79. The van der Waals surface area contributed by atoms with Crippen LogP contribution in [-0.4, -0.2) is 0 Å². The summed E-state index contributed by atoms with van der Waals surface area (Å²) >= 11 is 0. The predicted octanol–water partition coefficient (Wildman–Crippen LogP) is 8.92. The van der Waals surface area contributed by atoms with E-state index in [9.17, 15) is 29.8 Å². The van der Waals surface area contributed by atoms with E-state index in [0.717, 1.165) is 12.1 Å². The van der Waals surface area contributed by atoms with Crippen molar-refractivity contribution < 1.29 is 29.8 Å². The average Bonchev–Trinajstić information content (AvgIpc) is 2.46. The molecule has 0 spiro atoms. The highest BCUT2D eigenvalue weighted by atomic mass is 31.3. The number of hydrogen-bond acceptors (Lipinski definition) is 3. The summed E-state index contributed by atoms with van der Waals surface area (Å²) in [6.45, 7) is 0. The maximum Gasteiger partial charge on any atom is 0.423 e. The minimum absolute atomic E-state index is 0.126. The van der Waals surface area contributed by atoms with Gasteiger partial charge >= 0.3 is 15.7 Å². The first kappa shape index (κ1) is 19.4. The fraction of sp³-hybridized carbons (Fsp3) is 0.0769. The van der Waals surface area contributed by atoms with Gasteiger partial charge in [0.25, 0.3) is 7.52 Å². The molecule has 26 heavy (non-hydrogen) atoms. The van der Waals surface area contributed by atoms with Gasteiger partial charge in [-0.2, -0.15) is 13.2 Å². The summed E-state index contributed by atoms with van der Waals surface area (Å²) in [4.78, 5) is 0. The third-order valence-electron chi connectivity index (χ3n) is 3.30. The normalized spacial score (nSPS) is 23.5. The number of nitrogens with zero attached hydrogens (tertiary/aromatic N) is 3. The Morgan fingerprint density at radius 1 is 0.654 bits per heavy atom. The zero-order valence-electron chi connectivity index (χ0n) is 12.6. The van der Waals surface area contributed by atoms with Crippen LogP contribution in [0, 0.1) is 11.6 Å². The minimum Gasteiger partial charge on any atom is -0.204 e. The molecule has 3 nitrogen and oxygen atoms in total. The Balaban J connectivity index is 1.91. The van der Waals surface area contributed by atoms with Gasteiger partial charge in [-0.15, -0.1) is 21.3 Å². The second-order valence-corrected chi connectivity index (χ2v) is 10.9. The highest BCUT2D eigenvalue weighted by Crippen LogP contribution is 2.82. The molecule has 0 bridgehead atoms. The minimum atomic E-state index is -5.73. The largest absolute Gasteiger partial charge is 0.423 e. The monoisotopic (exact) mass is 433 g/mol. The standard InChI is InChI=1S/C13H9F7N3P3/c14-12-6-5-11(7-13(12)15)10-3-1-9(2-4-10)8-24(16)21-25(17,18)23-26(19,20)22-24/h1-7H,8H2. The van der Waals surface area contributed by atoms with Crippen LogP contribution in [0.5, 0.6) is 0 Å². The quantitative estimate of drug-likeness (QED) is 0.342. The fourth-order valence-corrected chi connectivity index (χ4v) is 8.54. The SMILES string of the molecule is Fc1ccc(-c2ccc(CP3(F)=NP(F)(F)=NP(F)(F)=N3)cc2)cc1F. The fourth-order valence-electron chi connectivity index (χ4n) is 2.29. The van der Waals surface area contributed by atoms with Crippen LogP contribution in [0.2, 0.25) is 0 Å². The Bertz CT molecular complexity index is 1020. The molecule has 1 aliphatic heterocycles. The van der Waals surface area contributed by atoms with Gasteiger partial charge in [0.2, 0.25) is 0 Å². The van der Waals surface area contributed by atoms with E-state index in [1.165, 1.54) is 30.3 Å². The first-order valence-electron chi connectivity index (χ1n) is 6.90. The van der Waals surface area contributed by atoms with Crippen molar-refractivity contribution in [2.75, 3.05) is 0 Å². The zero-order chi connectivity index (χ0) is 19.2. The third kappa shape index (κ3) is 4.48. The lowest BCUT2D eigenvalue weighted by Gasteiger charge is -2.17. The molecule has 1 unspecified atom stereocenters. The third-order valence-corrected chi connectivity index (χ3v) is 9.70. The van der Waals surface area contributed by atoms with Gasteiger partial charge in [-0.25, -0.2) is 8.78 Å². The van der Waals surface area contributed by atoms with Crippen molar-refractivity contribution in [1.82, 2.24) is 0 Å². The summed E-state index contributed by atoms with van der Waals surface area (Å²) in [6, 6.07) is 8.63. The molecule has 140 valence electrons. The van der Waals surface area contributed by atoms with Crippen molar-refractivity contribution in [2.45, 2.75) is 6.16 Å². The summed E-state index contributed by atoms with van der Waals surface area (Å²) in [5.74, 6) is -2.07. The smallest absolute Gasteiger partial charge is 0.204 e. The Labute approximate surface area is 144 Å². The maximum absolute atomic E-state index is 14.5. The lowest BCUT2D eigenvalue weighted by atomic mass is 10.0. The molecule has 0 N–H and O–H groups in total. The van der Waals surface area contributed by atoms with Crippen molar-refractivity contribution in [3.63, 3.8) is 0 Å². The molecule has 0 aliphatic carbocycles. The summed E-state index contributed by atoms with van der Waals surface area (Å²) in [5, 5.41) is 0. The molecule has 1 aliphatic rings. The first-order valence-corrected chi connectivity index (χ1v) is 11.6. The Hall–Kier alpha value is -1.36. The molecule has 0 amide bonds. The van der Waals surface area contributed by atoms with Crippen LogP contribution in [0.3, 0.4) is 0 Å². The topological polar surface area (TPSA) is 37.1 Å². The van der Waals surface area contributed by atoms with Crippen LogP contribution in [0.4, 0.5) is 29.8 Å². The number of halogens is 7. The van der Waals surface area contributed by atoms with Crippen LogP contribution >= 0.6 is 23.2 Å². The first-order chi connectivity index (χ1) is 12.0. The summed E-state index contributed by atoms with van der Waals surface area (Å²) in [6.07, 6.45) is -0.800. The second kappa shape index (κ2) is 6.66. The van der Waals surface area contributed by atoms with E-state index in [1.54, 1.807) is 0 Å². The van der Waals surface area contributed by atoms with Crippen molar-refractivity contribution in [3.05, 3.63) is 59.7 Å². The molecule has 0 saturated heterocycles. The lowest BCUT2D eigenvalue weighted by molar-refractivity contribution is 0.509. The van der Waals surface area contributed by atoms with Gasteiger partial charge < -0.3 is 0 Å². The van der Waals surface area contributed by atoms with E-state index < -0.39 is 41.0 Å². The summed E-state index contributed by atoms with van der Waals surface area (Å²) < 4.78 is 101. The Morgan fingerprint density at radius 3 is 1.81 bits per heavy atom. The van der Waals surface area contributed by atoms with Crippen LogP contribution in [0.25, 0.3) is 11.1 Å². The van der Waals surface area contributed by atoms with Gasteiger partial charge in [0, 0.05) is 0 Å². The van der Waals surface area contributed by atoms with E-state index in [1.807, 2.05) is 4.52 Å². The summed E-state index contributed by atoms with van der Waals surface area (Å²) in [5.41, 5.74) is 0.907. The van der Waals surface area contributed by atoms with Gasteiger partial charge in [0.1, 0.15) is 0 Å². The molecule has 2 aromatic carbocycles. The lowest BCUT2D eigenvalue weighted by Crippen LogP contribution is -1.88. The van der Waals surface area contributed by atoms with Crippen molar-refractivity contribution in [3.8, 4) is 11.1 Å². The number of benzene rings is 2. The van der Waals surface area contributed by atoms with Crippen molar-refractivity contribution in [2.24, 2.45) is 13.5 Å². The number of hydrogen-bond donors (Lipinski definition) is 0. The highest BCUT2D eigenvalue weighted by Gasteiger charge is 2.38. The van der Waals surface area contributed by atoms with Gasteiger partial charge in [0.15, 0.2) is 11.6 Å². The van der Waals surface area contributed by atoms with Crippen molar-refractivity contribution >= 4 is 23.2 Å². The molecule has 0 fully saturated rings. The molecule has 0 radical (unpaired) electrons. The average molecular weight is 433 g/mol. The summed E-state index contributed by atoms with van der Waals surface area (Å²) in [7, 11) is -16.2. The Morgan fingerprint density at radius 2 is 1.23 bits per heavy atom. The molecule has 0 saturated carbocycles. The van der Waals surface area contributed by atoms with E-state index in [0.29, 0.717) is 11.1 Å². The van der Waals surface area contributed by atoms with E-state index >= 15 is 0 Å². The van der Waals surface area contributed by atoms with Gasteiger partial charge in [-0.1, -0.05) is 30.3 Å². The molecule has 1 heterocycles. The Kier molecular flexibility index (Phi) is 4.97. The van der Waals surface area contributed by atoms with E-state index in [-0.39, 0.29) is 5.56 Å². The molecule has 1 atom stereocenters. The number of rotatable bonds is 3. The second-order valence-electron chi connectivity index (χ2n) is 5.31. The van der Waals surface area contributed by atoms with Crippen LogP contribution in [0.15, 0.2) is 56.0 Å². The molecule has 0 aromatic heterocycles. The predicted molar refractivity (Wildman–Crippen MR) is 89.1 cm³/mol. The van der Waals surface area contributed by atoms with Crippen molar-refractivity contribution in [1.29, 1.82) is 0 Å². The maximum atomic E-state index is 14.5. The van der Waals surface area contributed by atoms with Gasteiger partial charge in [-0.05, 0) is 28.8 Å². The molecule has 13 heteroatoms. The van der Waals surface area contributed by atoms with E-state index in [2.05, 4.69) is 9.03 Å². The van der Waals surface area contributed by atoms with Gasteiger partial charge in [0.05, 0.1) is 6.16 Å². The van der Waals surface area contributed by atoms with E-state index in [4.69, 9.17) is 0 Å². The molecular formula is C13H9F7N3P3. The van der Waals surface area contributed by atoms with Crippen LogP contribution < -0.4 is 0 Å². The molecule has 2 aromatic rings. The molecule has 3 rings (SSSR count). The van der Waals surface area contributed by atoms with Gasteiger partial charge in [-0.3, -0.25) is 0 Å². The molecular weight excluding hydrogens is 424 g/mol. The van der Waals surface area contributed by atoms with Crippen LogP contribution in [-0.2, 0) is 6.16 Å². The van der Waals surface area contributed by atoms with Crippen LogP contribution in [0.1, 0.15) is 5.56 Å².